The van der Waals surface area contributed by atoms with E-state index in [4.69, 9.17) is 9.52 Å². The molecule has 1 aliphatic rings. The second-order valence-electron chi connectivity index (χ2n) is 3.34. The normalized spacial score (nSPS) is 18.1. The first-order valence-corrected chi connectivity index (χ1v) is 4.28. The van der Waals surface area contributed by atoms with Gasteiger partial charge in [-0.15, -0.1) is 0 Å². The fourth-order valence-electron chi connectivity index (χ4n) is 1.44. The zero-order valence-corrected chi connectivity index (χ0v) is 7.42. The number of hydrogen-bond donors (Lipinski definition) is 1. The van der Waals surface area contributed by atoms with Gasteiger partial charge in [-0.05, 0) is 6.07 Å². The second kappa shape index (κ2) is 3.39. The first-order chi connectivity index (χ1) is 6.65. The van der Waals surface area contributed by atoms with E-state index < -0.39 is 4.92 Å². The van der Waals surface area contributed by atoms with Gasteiger partial charge < -0.3 is 9.52 Å². The molecule has 1 aromatic heterocycles. The number of hydrogen-bond acceptors (Lipinski definition) is 5. The van der Waals surface area contributed by atoms with Crippen molar-refractivity contribution < 1.29 is 14.4 Å². The van der Waals surface area contributed by atoms with Gasteiger partial charge in [0.2, 0.25) is 0 Å². The van der Waals surface area contributed by atoms with Crippen LogP contribution in [0.25, 0.3) is 0 Å². The molecule has 0 radical (unpaired) electrons. The Hall–Kier alpha value is -1.40. The maximum atomic E-state index is 10.3. The molecule has 0 saturated carbocycles. The zero-order chi connectivity index (χ0) is 10.1. The van der Waals surface area contributed by atoms with Crippen LogP contribution in [-0.2, 0) is 6.54 Å². The van der Waals surface area contributed by atoms with E-state index in [1.54, 1.807) is 6.07 Å². The Morgan fingerprint density at radius 2 is 2.36 bits per heavy atom. The van der Waals surface area contributed by atoms with Crippen LogP contribution < -0.4 is 0 Å². The summed E-state index contributed by atoms with van der Waals surface area (Å²) in [6, 6.07) is 2.92. The summed E-state index contributed by atoms with van der Waals surface area (Å²) in [6.45, 7) is 1.73. The molecule has 0 amide bonds. The molecule has 76 valence electrons. The predicted octanol–water partition coefficient (Wildman–Crippen LogP) is 0.364. The lowest BCUT2D eigenvalue weighted by molar-refractivity contribution is -0.402. The van der Waals surface area contributed by atoms with E-state index in [2.05, 4.69) is 0 Å². The van der Waals surface area contributed by atoms with Gasteiger partial charge in [-0.3, -0.25) is 15.0 Å². The summed E-state index contributed by atoms with van der Waals surface area (Å²) in [7, 11) is 0. The van der Waals surface area contributed by atoms with E-state index in [9.17, 15) is 10.1 Å². The minimum Gasteiger partial charge on any atom is -0.404 e. The quantitative estimate of drug-likeness (QED) is 0.560. The van der Waals surface area contributed by atoms with Crippen LogP contribution in [0, 0.1) is 10.1 Å². The highest BCUT2D eigenvalue weighted by Crippen LogP contribution is 2.19. The SMILES string of the molecule is O=[N+]([O-])c1ccc(CN2CC(O)C2)o1. The summed E-state index contributed by atoms with van der Waals surface area (Å²) < 4.78 is 4.96. The molecule has 1 saturated heterocycles. The molecule has 0 bridgehead atoms. The molecule has 1 aromatic rings. The highest BCUT2D eigenvalue weighted by molar-refractivity contribution is 5.17. The van der Waals surface area contributed by atoms with Gasteiger partial charge in [-0.1, -0.05) is 0 Å². The Kier molecular flexibility index (Phi) is 2.22. The van der Waals surface area contributed by atoms with Crippen LogP contribution in [0.2, 0.25) is 0 Å². The average Bonchev–Trinajstić information content (AvgIpc) is 2.50. The summed E-state index contributed by atoms with van der Waals surface area (Å²) in [6.07, 6.45) is -0.264. The fraction of sp³-hybridized carbons (Fsp3) is 0.500. The maximum Gasteiger partial charge on any atom is 0.433 e. The monoisotopic (exact) mass is 198 g/mol. The molecule has 0 spiro atoms. The van der Waals surface area contributed by atoms with Crippen LogP contribution in [0.4, 0.5) is 5.88 Å². The first kappa shape index (κ1) is 9.17. The van der Waals surface area contributed by atoms with Crippen LogP contribution in [-0.4, -0.2) is 34.1 Å². The van der Waals surface area contributed by atoms with Gasteiger partial charge in [0.1, 0.15) is 10.7 Å². The van der Waals surface area contributed by atoms with E-state index in [1.807, 2.05) is 4.90 Å². The molecule has 6 heteroatoms. The van der Waals surface area contributed by atoms with Crippen molar-refractivity contribution in [1.82, 2.24) is 4.90 Å². The van der Waals surface area contributed by atoms with Gasteiger partial charge >= 0.3 is 5.88 Å². The molecule has 1 fully saturated rings. The van der Waals surface area contributed by atoms with Crippen molar-refractivity contribution >= 4 is 5.88 Å². The number of aliphatic hydroxyl groups is 1. The van der Waals surface area contributed by atoms with Crippen LogP contribution in [0.3, 0.4) is 0 Å². The van der Waals surface area contributed by atoms with Crippen LogP contribution in [0.1, 0.15) is 5.76 Å². The minimum absolute atomic E-state index is 0.235. The summed E-state index contributed by atoms with van der Waals surface area (Å²) in [5.74, 6) is 0.324. The number of β-amino-alcohol motifs (C(OH)–C–C–N with tert-alkyl or cyclic N) is 1. The predicted molar refractivity (Wildman–Crippen MR) is 46.6 cm³/mol. The molecule has 14 heavy (non-hydrogen) atoms. The Bertz CT molecular complexity index is 343. The van der Waals surface area contributed by atoms with Crippen molar-refractivity contribution in [3.8, 4) is 0 Å². The largest absolute Gasteiger partial charge is 0.433 e. The number of likely N-dealkylation sites (tertiary alicyclic amines) is 1. The Morgan fingerprint density at radius 3 is 2.86 bits per heavy atom. The van der Waals surface area contributed by atoms with Gasteiger partial charge in [0.05, 0.1) is 18.7 Å². The molecular formula is C8H10N2O4. The second-order valence-corrected chi connectivity index (χ2v) is 3.34. The molecule has 0 unspecified atom stereocenters. The molecule has 0 atom stereocenters. The molecule has 0 aromatic carbocycles. The number of nitro groups is 1. The third-order valence-electron chi connectivity index (χ3n) is 2.14. The summed E-state index contributed by atoms with van der Waals surface area (Å²) in [5.41, 5.74) is 0. The van der Waals surface area contributed by atoms with Crippen molar-refractivity contribution in [2.45, 2.75) is 12.6 Å². The standard InChI is InChI=1S/C8H10N2O4/c11-6-3-9(4-6)5-7-1-2-8(14-7)10(12)13/h1-2,6,11H,3-5H2. The summed E-state index contributed by atoms with van der Waals surface area (Å²) >= 11 is 0. The van der Waals surface area contributed by atoms with Crippen molar-refractivity contribution in [2.24, 2.45) is 0 Å². The number of rotatable bonds is 3. The molecule has 1 N–H and O–H groups in total. The minimum atomic E-state index is -0.561. The highest BCUT2D eigenvalue weighted by Gasteiger charge is 2.25. The van der Waals surface area contributed by atoms with E-state index in [0.717, 1.165) is 0 Å². The fourth-order valence-corrected chi connectivity index (χ4v) is 1.44. The van der Waals surface area contributed by atoms with Crippen molar-refractivity contribution in [2.75, 3.05) is 13.1 Å². The Balaban J connectivity index is 1.93. The maximum absolute atomic E-state index is 10.3. The number of nitrogens with zero attached hydrogens (tertiary/aromatic N) is 2. The molecule has 1 aliphatic heterocycles. The van der Waals surface area contributed by atoms with E-state index >= 15 is 0 Å². The van der Waals surface area contributed by atoms with Crippen LogP contribution in [0.15, 0.2) is 16.5 Å². The van der Waals surface area contributed by atoms with Gasteiger partial charge in [0.15, 0.2) is 0 Å². The third kappa shape index (κ3) is 1.75. The van der Waals surface area contributed by atoms with E-state index in [1.165, 1.54) is 6.07 Å². The Labute approximate surface area is 79.9 Å². The van der Waals surface area contributed by atoms with E-state index in [-0.39, 0.29) is 12.0 Å². The molecule has 2 heterocycles. The molecular weight excluding hydrogens is 188 g/mol. The molecule has 6 nitrogen and oxygen atoms in total. The van der Waals surface area contributed by atoms with Gasteiger partial charge in [-0.2, -0.15) is 0 Å². The molecule has 0 aliphatic carbocycles. The third-order valence-corrected chi connectivity index (χ3v) is 2.14. The first-order valence-electron chi connectivity index (χ1n) is 4.28. The Morgan fingerprint density at radius 1 is 1.64 bits per heavy atom. The zero-order valence-electron chi connectivity index (χ0n) is 7.42. The summed E-state index contributed by atoms with van der Waals surface area (Å²) in [4.78, 5) is 11.7. The average molecular weight is 198 g/mol. The highest BCUT2D eigenvalue weighted by atomic mass is 16.6. The lowest BCUT2D eigenvalue weighted by Crippen LogP contribution is -2.49. The smallest absolute Gasteiger partial charge is 0.404 e. The van der Waals surface area contributed by atoms with Gasteiger partial charge in [0, 0.05) is 13.1 Å². The van der Waals surface area contributed by atoms with Crippen molar-refractivity contribution in [3.05, 3.63) is 28.0 Å². The van der Waals surface area contributed by atoms with E-state index in [0.29, 0.717) is 25.4 Å². The summed E-state index contributed by atoms with van der Waals surface area (Å²) in [5, 5.41) is 19.3. The lowest BCUT2D eigenvalue weighted by Gasteiger charge is -2.34. The van der Waals surface area contributed by atoms with Crippen molar-refractivity contribution in [3.63, 3.8) is 0 Å². The molecule has 2 rings (SSSR count). The van der Waals surface area contributed by atoms with Crippen molar-refractivity contribution in [1.29, 1.82) is 0 Å². The number of furan rings is 1. The topological polar surface area (TPSA) is 79.8 Å². The van der Waals surface area contributed by atoms with Gasteiger partial charge in [-0.25, -0.2) is 0 Å². The van der Waals surface area contributed by atoms with Crippen LogP contribution in [0.5, 0.6) is 0 Å². The number of aliphatic hydroxyl groups excluding tert-OH is 1. The van der Waals surface area contributed by atoms with Gasteiger partial charge in [0.25, 0.3) is 0 Å². The van der Waals surface area contributed by atoms with Crippen LogP contribution >= 0.6 is 0 Å². The lowest BCUT2D eigenvalue weighted by atomic mass is 10.2.